The van der Waals surface area contributed by atoms with Crippen molar-refractivity contribution in [2.75, 3.05) is 13.2 Å². The van der Waals surface area contributed by atoms with Crippen molar-refractivity contribution in [3.63, 3.8) is 0 Å². The molecular weight excluding hydrogens is 670 g/mol. The van der Waals surface area contributed by atoms with Gasteiger partial charge in [0.2, 0.25) is 5.91 Å². The molecule has 0 aromatic heterocycles. The molecule has 1 heterocycles. The van der Waals surface area contributed by atoms with Crippen LogP contribution in [0.4, 0.5) is 0 Å². The van der Waals surface area contributed by atoms with Gasteiger partial charge < -0.3 is 40.3 Å². The Labute approximate surface area is 325 Å². The molecule has 7 unspecified atom stereocenters. The molecule has 1 amide bonds. The molecule has 0 saturated carbocycles. The van der Waals surface area contributed by atoms with E-state index in [1.165, 1.54) is 148 Å². The summed E-state index contributed by atoms with van der Waals surface area (Å²) in [6.45, 7) is 3.77. The van der Waals surface area contributed by atoms with Crippen LogP contribution in [-0.4, -0.2) is 87.5 Å². The normalized spacial score (nSPS) is 21.7. The molecule has 0 aliphatic carbocycles. The Morgan fingerprint density at radius 1 is 0.623 bits per heavy atom. The van der Waals surface area contributed by atoms with Gasteiger partial charge in [0.25, 0.3) is 0 Å². The molecule has 0 bridgehead atoms. The number of unbranched alkanes of at least 4 members (excludes halogenated alkanes) is 27. The van der Waals surface area contributed by atoms with E-state index < -0.39 is 49.5 Å². The number of aliphatic hydroxyl groups is 5. The van der Waals surface area contributed by atoms with Crippen LogP contribution in [0.25, 0.3) is 0 Å². The smallest absolute Gasteiger partial charge is 0.220 e. The molecule has 1 rings (SSSR count). The molecule has 1 saturated heterocycles. The molecule has 1 aliphatic rings. The van der Waals surface area contributed by atoms with Crippen molar-refractivity contribution >= 4 is 5.91 Å². The van der Waals surface area contributed by atoms with Gasteiger partial charge in [-0.15, -0.1) is 0 Å². The molecular formula is C44H85NO8. The maximum Gasteiger partial charge on any atom is 0.220 e. The van der Waals surface area contributed by atoms with Crippen LogP contribution in [0.5, 0.6) is 0 Å². The van der Waals surface area contributed by atoms with Crippen LogP contribution in [0.1, 0.15) is 206 Å². The van der Waals surface area contributed by atoms with Gasteiger partial charge in [0.15, 0.2) is 6.29 Å². The van der Waals surface area contributed by atoms with Gasteiger partial charge >= 0.3 is 0 Å². The van der Waals surface area contributed by atoms with Crippen molar-refractivity contribution in [3.8, 4) is 0 Å². The quantitative estimate of drug-likeness (QED) is 0.0272. The first-order valence-electron chi connectivity index (χ1n) is 22.4. The molecule has 53 heavy (non-hydrogen) atoms. The first-order valence-corrected chi connectivity index (χ1v) is 22.4. The number of rotatable bonds is 37. The van der Waals surface area contributed by atoms with Crippen molar-refractivity contribution in [2.24, 2.45) is 0 Å². The number of ether oxygens (including phenoxy) is 2. The third-order valence-electron chi connectivity index (χ3n) is 10.9. The van der Waals surface area contributed by atoms with Crippen LogP contribution >= 0.6 is 0 Å². The van der Waals surface area contributed by atoms with Crippen LogP contribution in [0, 0.1) is 0 Å². The molecule has 1 aliphatic heterocycles. The molecule has 6 N–H and O–H groups in total. The molecule has 0 radical (unpaired) electrons. The second-order valence-corrected chi connectivity index (χ2v) is 15.9. The minimum absolute atomic E-state index is 0.176. The fourth-order valence-corrected chi connectivity index (χ4v) is 7.21. The number of nitrogens with one attached hydrogen (secondary N) is 1. The predicted molar refractivity (Wildman–Crippen MR) is 217 cm³/mol. The van der Waals surface area contributed by atoms with Crippen molar-refractivity contribution in [1.29, 1.82) is 0 Å². The Morgan fingerprint density at radius 2 is 1.04 bits per heavy atom. The number of hydrogen-bond donors (Lipinski definition) is 6. The Bertz CT molecular complexity index is 842. The summed E-state index contributed by atoms with van der Waals surface area (Å²) in [4.78, 5) is 12.9. The van der Waals surface area contributed by atoms with Gasteiger partial charge in [-0.05, 0) is 19.3 Å². The first-order chi connectivity index (χ1) is 25.8. The Kier molecular flexibility index (Phi) is 33.3. The summed E-state index contributed by atoms with van der Waals surface area (Å²) in [6, 6.07) is -0.797. The zero-order valence-corrected chi connectivity index (χ0v) is 34.3. The summed E-state index contributed by atoms with van der Waals surface area (Å²) in [5.41, 5.74) is 0. The largest absolute Gasteiger partial charge is 0.394 e. The number of carbonyl (C=O) groups excluding carboxylic acids is 1. The summed E-state index contributed by atoms with van der Waals surface area (Å²) in [5, 5.41) is 54.1. The molecule has 0 aromatic carbocycles. The van der Waals surface area contributed by atoms with E-state index in [0.29, 0.717) is 6.42 Å². The molecule has 9 nitrogen and oxygen atoms in total. The van der Waals surface area contributed by atoms with E-state index in [-0.39, 0.29) is 12.5 Å². The molecule has 7 atom stereocenters. The first kappa shape index (κ1) is 49.9. The minimum atomic E-state index is -1.56. The van der Waals surface area contributed by atoms with E-state index in [0.717, 1.165) is 38.5 Å². The van der Waals surface area contributed by atoms with E-state index in [2.05, 4.69) is 19.2 Å². The highest BCUT2D eigenvalue weighted by Crippen LogP contribution is 2.23. The van der Waals surface area contributed by atoms with Gasteiger partial charge in [0.1, 0.15) is 24.4 Å². The predicted octanol–water partition coefficient (Wildman–Crippen LogP) is 8.95. The highest BCUT2D eigenvalue weighted by molar-refractivity contribution is 5.76. The molecule has 314 valence electrons. The Morgan fingerprint density at radius 3 is 1.47 bits per heavy atom. The van der Waals surface area contributed by atoms with E-state index >= 15 is 0 Å². The summed E-state index contributed by atoms with van der Waals surface area (Å²) >= 11 is 0. The van der Waals surface area contributed by atoms with Gasteiger partial charge in [0.05, 0.1) is 25.4 Å². The van der Waals surface area contributed by atoms with Crippen molar-refractivity contribution in [2.45, 2.75) is 249 Å². The second-order valence-electron chi connectivity index (χ2n) is 15.9. The topological polar surface area (TPSA) is 149 Å². The van der Waals surface area contributed by atoms with Crippen LogP contribution in [0.15, 0.2) is 12.2 Å². The summed E-state index contributed by atoms with van der Waals surface area (Å²) in [5.74, 6) is -0.176. The Hall–Kier alpha value is -1.07. The van der Waals surface area contributed by atoms with Gasteiger partial charge in [-0.2, -0.15) is 0 Å². The van der Waals surface area contributed by atoms with Gasteiger partial charge in [-0.1, -0.05) is 193 Å². The molecule has 9 heteroatoms. The number of amides is 1. The molecule has 1 fully saturated rings. The van der Waals surface area contributed by atoms with E-state index in [1.54, 1.807) is 6.08 Å². The van der Waals surface area contributed by atoms with Gasteiger partial charge in [-0.3, -0.25) is 4.79 Å². The standard InChI is InChI=1S/C44H85NO8/c1-3-5-7-9-11-13-15-17-18-19-20-21-22-23-25-27-29-31-33-38(47)37(36-52-44-43(51)42(50)41(49)39(35-46)53-44)45-40(48)34-32-30-28-26-24-16-14-12-10-8-6-4-2/h31,33,37-39,41-44,46-47,49-51H,3-30,32,34-36H2,1-2H3,(H,45,48)/b33-31+. The minimum Gasteiger partial charge on any atom is -0.394 e. The van der Waals surface area contributed by atoms with Crippen LogP contribution in [0.3, 0.4) is 0 Å². The fourth-order valence-electron chi connectivity index (χ4n) is 7.21. The fraction of sp³-hybridized carbons (Fsp3) is 0.932. The van der Waals surface area contributed by atoms with Crippen molar-refractivity contribution < 1.29 is 39.8 Å². The monoisotopic (exact) mass is 756 g/mol. The summed E-state index contributed by atoms with van der Waals surface area (Å²) in [6.07, 6.45) is 32.5. The lowest BCUT2D eigenvalue weighted by Gasteiger charge is -2.40. The molecule has 0 aromatic rings. The SMILES string of the molecule is CCCCCCCCCCCCCCCCCC/C=C/C(O)C(COC1OC(CO)C(O)C(O)C1O)NC(=O)CCCCCCCCCCCCCC. The molecule has 0 spiro atoms. The third-order valence-corrected chi connectivity index (χ3v) is 10.9. The maximum atomic E-state index is 12.9. The zero-order chi connectivity index (χ0) is 38.8. The summed E-state index contributed by atoms with van der Waals surface area (Å²) < 4.78 is 11.2. The number of aliphatic hydroxyl groups excluding tert-OH is 5. The van der Waals surface area contributed by atoms with Crippen molar-refractivity contribution in [1.82, 2.24) is 5.32 Å². The van der Waals surface area contributed by atoms with E-state index in [4.69, 9.17) is 9.47 Å². The van der Waals surface area contributed by atoms with Crippen molar-refractivity contribution in [3.05, 3.63) is 12.2 Å². The van der Waals surface area contributed by atoms with E-state index in [1.807, 2.05) is 6.08 Å². The van der Waals surface area contributed by atoms with Crippen LogP contribution in [-0.2, 0) is 14.3 Å². The lowest BCUT2D eigenvalue weighted by molar-refractivity contribution is -0.302. The van der Waals surface area contributed by atoms with Gasteiger partial charge in [0, 0.05) is 6.42 Å². The average molecular weight is 756 g/mol. The highest BCUT2D eigenvalue weighted by Gasteiger charge is 2.44. The number of carbonyl (C=O) groups is 1. The number of allylic oxidation sites excluding steroid dienone is 1. The zero-order valence-electron chi connectivity index (χ0n) is 34.3. The number of hydrogen-bond acceptors (Lipinski definition) is 8. The highest BCUT2D eigenvalue weighted by atomic mass is 16.7. The van der Waals surface area contributed by atoms with E-state index in [9.17, 15) is 30.3 Å². The van der Waals surface area contributed by atoms with Crippen LogP contribution in [0.2, 0.25) is 0 Å². The summed E-state index contributed by atoms with van der Waals surface area (Å²) in [7, 11) is 0. The van der Waals surface area contributed by atoms with Gasteiger partial charge in [-0.25, -0.2) is 0 Å². The third kappa shape index (κ3) is 26.4. The lowest BCUT2D eigenvalue weighted by Crippen LogP contribution is -2.60. The maximum absolute atomic E-state index is 12.9. The Balaban J connectivity index is 2.36. The van der Waals surface area contributed by atoms with Crippen LogP contribution < -0.4 is 5.32 Å². The lowest BCUT2D eigenvalue weighted by atomic mass is 9.99. The second kappa shape index (κ2) is 35.4. The average Bonchev–Trinajstić information content (AvgIpc) is 3.16.